The van der Waals surface area contributed by atoms with Crippen LogP contribution in [0.5, 0.6) is 0 Å². The zero-order valence-corrected chi connectivity index (χ0v) is 11.8. The number of halogens is 9. The summed E-state index contributed by atoms with van der Waals surface area (Å²) in [7, 11) is 1.95. The molecule has 13 heteroatoms. The Labute approximate surface area is 110 Å². The molecule has 1 heterocycles. The van der Waals surface area contributed by atoms with Gasteiger partial charge < -0.3 is 0 Å². The number of rotatable bonds is 0. The standard InChI is InChI=1S/C7H9F9NOPS/c1-17(2)4-18-19(3,20-4,5(8,9)10,6(11,12)13)7(14,15)16/h1-3H3. The van der Waals surface area contributed by atoms with Gasteiger partial charge in [-0.25, -0.2) is 0 Å². The van der Waals surface area contributed by atoms with Crippen LogP contribution in [-0.2, 0) is 4.52 Å². The third-order valence-electron chi connectivity index (χ3n) is 3.19. The first-order valence-electron chi connectivity index (χ1n) is 4.71. The maximum absolute atomic E-state index is 13.1. The van der Waals surface area contributed by atoms with E-state index in [2.05, 4.69) is 4.52 Å². The molecular formula is C7H9F9NOPS. The van der Waals surface area contributed by atoms with Crippen molar-refractivity contribution in [3.63, 3.8) is 0 Å². The van der Waals surface area contributed by atoms with Crippen LogP contribution < -0.4 is 0 Å². The summed E-state index contributed by atoms with van der Waals surface area (Å²) in [6.45, 7) is -0.887. The van der Waals surface area contributed by atoms with Crippen molar-refractivity contribution in [1.82, 2.24) is 0 Å². The third-order valence-corrected chi connectivity index (χ3v) is 13.6. The Bertz CT molecular complexity index is 444. The van der Waals surface area contributed by atoms with E-state index in [0.717, 1.165) is 14.1 Å². The van der Waals surface area contributed by atoms with Crippen molar-refractivity contribution < 1.29 is 48.6 Å². The number of hydrogen-bond acceptors (Lipinski definition) is 2. The van der Waals surface area contributed by atoms with Crippen molar-refractivity contribution in [2.24, 2.45) is 0 Å². The van der Waals surface area contributed by atoms with Crippen molar-refractivity contribution in [1.29, 1.82) is 0 Å². The molecule has 0 aromatic rings. The molecule has 2 nitrogen and oxygen atoms in total. The minimum atomic E-state index is -9.23. The quantitative estimate of drug-likeness (QED) is 0.360. The Hall–Kier alpha value is -0.380. The van der Waals surface area contributed by atoms with Crippen LogP contribution in [0.25, 0.3) is 0 Å². The van der Waals surface area contributed by atoms with Gasteiger partial charge in [-0.2, -0.15) is 0 Å². The summed E-state index contributed by atoms with van der Waals surface area (Å²) in [4.78, 5) is 0. The van der Waals surface area contributed by atoms with Crippen LogP contribution in [0.1, 0.15) is 0 Å². The van der Waals surface area contributed by atoms with Gasteiger partial charge in [-0.05, 0) is 0 Å². The predicted molar refractivity (Wildman–Crippen MR) is 56.8 cm³/mol. The Morgan fingerprint density at radius 1 is 0.850 bits per heavy atom. The first-order chi connectivity index (χ1) is 8.40. The van der Waals surface area contributed by atoms with Gasteiger partial charge in [0.15, 0.2) is 0 Å². The van der Waals surface area contributed by atoms with Crippen LogP contribution in [0.2, 0.25) is 0 Å². The van der Waals surface area contributed by atoms with Crippen LogP contribution in [-0.4, -0.2) is 48.3 Å². The van der Waals surface area contributed by atoms with Crippen molar-refractivity contribution in [2.45, 2.75) is 17.8 Å². The molecular weight excluding hydrogens is 348 g/mol. The number of hydrogen-bond donors (Lipinski definition) is 0. The SMILES string of the molecule is C[N+](C)=C1O[P-](C)(C(F)(F)F)(C(F)(F)F)(C(F)(F)F)S1. The average Bonchev–Trinajstić information content (AvgIpc) is 2.06. The first-order valence-corrected chi connectivity index (χ1v) is 9.18. The molecule has 0 unspecified atom stereocenters. The molecule has 0 aromatic heterocycles. The molecule has 0 amide bonds. The summed E-state index contributed by atoms with van der Waals surface area (Å²) in [6.07, 6.45) is 0. The first kappa shape index (κ1) is 17.7. The van der Waals surface area contributed by atoms with Gasteiger partial charge in [-0.15, -0.1) is 0 Å². The van der Waals surface area contributed by atoms with Crippen molar-refractivity contribution >= 4 is 22.0 Å². The number of nitrogens with zero attached hydrogens (tertiary/aromatic N) is 1. The van der Waals surface area contributed by atoms with Crippen LogP contribution >= 0.6 is 16.8 Å². The van der Waals surface area contributed by atoms with Gasteiger partial charge in [-0.1, -0.05) is 0 Å². The summed E-state index contributed by atoms with van der Waals surface area (Å²) in [5, 5.41) is -10.3. The van der Waals surface area contributed by atoms with E-state index in [4.69, 9.17) is 0 Å². The topological polar surface area (TPSA) is 12.2 Å². The molecule has 0 radical (unpaired) electrons. The average molecular weight is 357 g/mol. The normalized spacial score (nSPS) is 28.1. The summed E-state index contributed by atoms with van der Waals surface area (Å²) < 4.78 is 122. The Kier molecular flexibility index (Phi) is 3.10. The molecule has 0 saturated carbocycles. The molecule has 1 rings (SSSR count). The molecule has 1 fully saturated rings. The van der Waals surface area contributed by atoms with E-state index in [1.165, 1.54) is 0 Å². The maximum atomic E-state index is 13.1. The zero-order chi connectivity index (χ0) is 16.5. The summed E-state index contributed by atoms with van der Waals surface area (Å²) >= 11 is -1.32. The van der Waals surface area contributed by atoms with Gasteiger partial charge in [0.05, 0.1) is 0 Å². The van der Waals surface area contributed by atoms with Crippen molar-refractivity contribution in [3.8, 4) is 0 Å². The molecule has 20 heavy (non-hydrogen) atoms. The molecule has 0 atom stereocenters. The van der Waals surface area contributed by atoms with Gasteiger partial charge in [-0.3, -0.25) is 0 Å². The summed E-state index contributed by atoms with van der Waals surface area (Å²) in [5.74, 6) is -20.0. The minimum absolute atomic E-state index is 0.617. The fourth-order valence-corrected chi connectivity index (χ4v) is 7.67. The summed E-state index contributed by atoms with van der Waals surface area (Å²) in [6, 6.07) is 0. The molecule has 0 aromatic carbocycles. The van der Waals surface area contributed by atoms with E-state index in [1.807, 2.05) is 0 Å². The third kappa shape index (κ3) is 1.24. The van der Waals surface area contributed by atoms with Crippen LogP contribution in [0, 0.1) is 0 Å². The molecule has 0 spiro atoms. The van der Waals surface area contributed by atoms with Gasteiger partial charge in [0.25, 0.3) is 0 Å². The van der Waals surface area contributed by atoms with Crippen LogP contribution in [0.15, 0.2) is 0 Å². The fraction of sp³-hybridized carbons (Fsp3) is 0.857. The molecule has 1 aliphatic rings. The Balaban J connectivity index is 3.92. The van der Waals surface area contributed by atoms with Crippen LogP contribution in [0.4, 0.5) is 39.5 Å². The molecule has 1 saturated heterocycles. The summed E-state index contributed by atoms with van der Waals surface area (Å²) in [5.41, 5.74) is 0. The second-order valence-corrected chi connectivity index (χ2v) is 14.7. The molecule has 0 N–H and O–H groups in total. The van der Waals surface area contributed by atoms with Crippen molar-refractivity contribution in [3.05, 3.63) is 0 Å². The van der Waals surface area contributed by atoms with Gasteiger partial charge >= 0.3 is 109 Å². The van der Waals surface area contributed by atoms with Gasteiger partial charge in [0.2, 0.25) is 0 Å². The van der Waals surface area contributed by atoms with E-state index < -0.39 is 46.4 Å². The van der Waals surface area contributed by atoms with E-state index in [9.17, 15) is 39.5 Å². The second kappa shape index (κ2) is 3.50. The monoisotopic (exact) mass is 357 g/mol. The Morgan fingerprint density at radius 2 is 1.10 bits per heavy atom. The molecule has 122 valence electrons. The Morgan fingerprint density at radius 3 is 1.25 bits per heavy atom. The predicted octanol–water partition coefficient (Wildman–Crippen LogP) is 4.49. The molecule has 0 bridgehead atoms. The fourth-order valence-electron chi connectivity index (χ4n) is 1.37. The van der Waals surface area contributed by atoms with Gasteiger partial charge in [0.1, 0.15) is 0 Å². The van der Waals surface area contributed by atoms with Crippen LogP contribution in [0.3, 0.4) is 0 Å². The van der Waals surface area contributed by atoms with E-state index in [1.54, 1.807) is 0 Å². The number of alkyl halides is 9. The van der Waals surface area contributed by atoms with E-state index in [-0.39, 0.29) is 0 Å². The van der Waals surface area contributed by atoms with E-state index in [0.29, 0.717) is 4.58 Å². The molecule has 1 aliphatic heterocycles. The second-order valence-electron chi connectivity index (χ2n) is 4.74. The van der Waals surface area contributed by atoms with E-state index >= 15 is 0 Å². The molecule has 0 aliphatic carbocycles. The van der Waals surface area contributed by atoms with Gasteiger partial charge in [0, 0.05) is 0 Å². The zero-order valence-electron chi connectivity index (χ0n) is 10.1. The van der Waals surface area contributed by atoms with Crippen molar-refractivity contribution in [2.75, 3.05) is 20.8 Å².